The Kier molecular flexibility index (Phi) is 3.37. The zero-order chi connectivity index (χ0) is 13.1. The Labute approximate surface area is 111 Å². The quantitative estimate of drug-likeness (QED) is 0.917. The molecule has 100 valence electrons. The van der Waals surface area contributed by atoms with E-state index in [-0.39, 0.29) is 0 Å². The second-order valence-electron chi connectivity index (χ2n) is 4.42. The Balaban J connectivity index is 1.89. The van der Waals surface area contributed by atoms with Crippen LogP contribution in [0, 0.1) is 0 Å². The number of benzene rings is 1. The molecule has 1 aromatic carbocycles. The van der Waals surface area contributed by atoms with Gasteiger partial charge in [0, 0.05) is 24.6 Å². The minimum atomic E-state index is 0.678. The maximum absolute atomic E-state index is 5.67. The first-order valence-corrected chi connectivity index (χ1v) is 6.37. The lowest BCUT2D eigenvalue weighted by atomic mass is 10.1. The van der Waals surface area contributed by atoms with Crippen molar-refractivity contribution in [2.24, 2.45) is 0 Å². The van der Waals surface area contributed by atoms with Gasteiger partial charge < -0.3 is 19.3 Å². The van der Waals surface area contributed by atoms with Crippen LogP contribution in [0.2, 0.25) is 0 Å². The summed E-state index contributed by atoms with van der Waals surface area (Å²) in [6.07, 6.45) is 0.901. The lowest BCUT2D eigenvalue weighted by Gasteiger charge is -2.07. The number of ether oxygens (including phenoxy) is 2. The van der Waals surface area contributed by atoms with Crippen molar-refractivity contribution >= 4 is 0 Å². The molecule has 0 saturated carbocycles. The largest absolute Gasteiger partial charge is 0.490 e. The highest BCUT2D eigenvalue weighted by atomic mass is 16.5. The highest BCUT2D eigenvalue weighted by Crippen LogP contribution is 2.34. The van der Waals surface area contributed by atoms with Crippen molar-refractivity contribution in [2.45, 2.75) is 13.0 Å². The minimum Gasteiger partial charge on any atom is -0.490 e. The fraction of sp³-hybridized carbons (Fsp3) is 0.357. The summed E-state index contributed by atoms with van der Waals surface area (Å²) in [4.78, 5) is 0. The van der Waals surface area contributed by atoms with E-state index in [2.05, 4.69) is 10.5 Å². The molecule has 1 N–H and O–H groups in total. The predicted molar refractivity (Wildman–Crippen MR) is 70.3 cm³/mol. The fourth-order valence-electron chi connectivity index (χ4n) is 2.03. The first kappa shape index (κ1) is 12.0. The molecule has 0 amide bonds. The molecule has 0 atom stereocenters. The summed E-state index contributed by atoms with van der Waals surface area (Å²) in [6, 6.07) is 7.73. The molecule has 0 unspecified atom stereocenters. The van der Waals surface area contributed by atoms with Crippen molar-refractivity contribution < 1.29 is 14.0 Å². The molecule has 2 heterocycles. The molecule has 5 heteroatoms. The van der Waals surface area contributed by atoms with E-state index in [4.69, 9.17) is 14.0 Å². The van der Waals surface area contributed by atoms with Gasteiger partial charge >= 0.3 is 0 Å². The van der Waals surface area contributed by atoms with Gasteiger partial charge in [-0.05, 0) is 25.2 Å². The highest BCUT2D eigenvalue weighted by molar-refractivity contribution is 5.62. The number of hydrogen-bond donors (Lipinski definition) is 1. The van der Waals surface area contributed by atoms with Crippen molar-refractivity contribution in [3.63, 3.8) is 0 Å². The molecule has 5 nitrogen and oxygen atoms in total. The SMILES string of the molecule is CNCc1cc(-c2ccc3c(c2)OCCCO3)on1. The van der Waals surface area contributed by atoms with Gasteiger partial charge in [0.15, 0.2) is 17.3 Å². The smallest absolute Gasteiger partial charge is 0.167 e. The number of hydrogen-bond acceptors (Lipinski definition) is 5. The van der Waals surface area contributed by atoms with E-state index in [1.54, 1.807) is 0 Å². The molecule has 0 radical (unpaired) electrons. The molecule has 2 aromatic rings. The summed E-state index contributed by atoms with van der Waals surface area (Å²) in [6.45, 7) is 2.06. The summed E-state index contributed by atoms with van der Waals surface area (Å²) in [5.74, 6) is 2.29. The Morgan fingerprint density at radius 2 is 2.00 bits per heavy atom. The van der Waals surface area contributed by atoms with Crippen LogP contribution in [0.5, 0.6) is 11.5 Å². The van der Waals surface area contributed by atoms with Crippen molar-refractivity contribution in [3.8, 4) is 22.8 Å². The van der Waals surface area contributed by atoms with Crippen LogP contribution >= 0.6 is 0 Å². The molecular formula is C14H16N2O3. The molecule has 0 spiro atoms. The van der Waals surface area contributed by atoms with Gasteiger partial charge in [-0.2, -0.15) is 0 Å². The third-order valence-electron chi connectivity index (χ3n) is 2.95. The lowest BCUT2D eigenvalue weighted by molar-refractivity contribution is 0.297. The second kappa shape index (κ2) is 5.32. The normalized spacial score (nSPS) is 14.2. The highest BCUT2D eigenvalue weighted by Gasteiger charge is 2.13. The molecule has 3 rings (SSSR count). The monoisotopic (exact) mass is 260 g/mol. The van der Waals surface area contributed by atoms with Gasteiger partial charge in [-0.3, -0.25) is 0 Å². The number of nitrogens with zero attached hydrogens (tertiary/aromatic N) is 1. The summed E-state index contributed by atoms with van der Waals surface area (Å²) in [7, 11) is 1.88. The van der Waals surface area contributed by atoms with E-state index in [9.17, 15) is 0 Å². The number of aromatic nitrogens is 1. The van der Waals surface area contributed by atoms with Gasteiger partial charge in [0.1, 0.15) is 0 Å². The van der Waals surface area contributed by atoms with E-state index < -0.39 is 0 Å². The number of nitrogens with one attached hydrogen (secondary N) is 1. The second-order valence-corrected chi connectivity index (χ2v) is 4.42. The van der Waals surface area contributed by atoms with Gasteiger partial charge in [0.2, 0.25) is 0 Å². The van der Waals surface area contributed by atoms with Gasteiger partial charge in [0.05, 0.1) is 18.9 Å². The molecule has 0 bridgehead atoms. The van der Waals surface area contributed by atoms with Crippen LogP contribution in [0.4, 0.5) is 0 Å². The Hall–Kier alpha value is -2.01. The van der Waals surface area contributed by atoms with Gasteiger partial charge in [-0.15, -0.1) is 0 Å². The molecule has 0 aliphatic carbocycles. The number of fused-ring (bicyclic) bond motifs is 1. The average Bonchev–Trinajstić information content (AvgIpc) is 2.76. The lowest BCUT2D eigenvalue weighted by Crippen LogP contribution is -2.04. The van der Waals surface area contributed by atoms with Crippen molar-refractivity contribution in [3.05, 3.63) is 30.0 Å². The molecule has 19 heavy (non-hydrogen) atoms. The molecule has 0 fully saturated rings. The summed E-state index contributed by atoms with van der Waals surface area (Å²) in [5.41, 5.74) is 1.82. The van der Waals surface area contributed by atoms with Crippen LogP contribution in [0.25, 0.3) is 11.3 Å². The average molecular weight is 260 g/mol. The topological polar surface area (TPSA) is 56.5 Å². The Morgan fingerprint density at radius 3 is 2.84 bits per heavy atom. The van der Waals surface area contributed by atoms with E-state index in [0.29, 0.717) is 19.8 Å². The Morgan fingerprint density at radius 1 is 1.16 bits per heavy atom. The van der Waals surface area contributed by atoms with Gasteiger partial charge in [0.25, 0.3) is 0 Å². The van der Waals surface area contributed by atoms with Crippen molar-refractivity contribution in [1.82, 2.24) is 10.5 Å². The van der Waals surface area contributed by atoms with Crippen LogP contribution in [-0.2, 0) is 6.54 Å². The van der Waals surface area contributed by atoms with Crippen LogP contribution in [0.3, 0.4) is 0 Å². The number of rotatable bonds is 3. The third-order valence-corrected chi connectivity index (χ3v) is 2.95. The zero-order valence-electron chi connectivity index (χ0n) is 10.8. The first-order valence-electron chi connectivity index (χ1n) is 6.37. The maximum Gasteiger partial charge on any atom is 0.167 e. The van der Waals surface area contributed by atoms with Gasteiger partial charge in [-0.25, -0.2) is 0 Å². The maximum atomic E-state index is 5.67. The van der Waals surface area contributed by atoms with E-state index in [1.807, 2.05) is 31.3 Å². The molecule has 1 aromatic heterocycles. The molecule has 1 aliphatic heterocycles. The van der Waals surface area contributed by atoms with Crippen molar-refractivity contribution in [1.29, 1.82) is 0 Å². The van der Waals surface area contributed by atoms with Gasteiger partial charge in [-0.1, -0.05) is 5.16 Å². The van der Waals surface area contributed by atoms with E-state index in [1.165, 1.54) is 0 Å². The third kappa shape index (κ3) is 2.56. The first-order chi connectivity index (χ1) is 9.36. The standard InChI is InChI=1S/C14H16N2O3/c1-15-9-11-8-13(19-16-11)10-3-4-12-14(7-10)18-6-2-5-17-12/h3-4,7-8,15H,2,5-6,9H2,1H3. The van der Waals surface area contributed by atoms with E-state index >= 15 is 0 Å². The summed E-state index contributed by atoms with van der Waals surface area (Å²) >= 11 is 0. The predicted octanol–water partition coefficient (Wildman–Crippen LogP) is 2.22. The van der Waals surface area contributed by atoms with Crippen LogP contribution < -0.4 is 14.8 Å². The molecule has 1 aliphatic rings. The fourth-order valence-corrected chi connectivity index (χ4v) is 2.03. The van der Waals surface area contributed by atoms with Crippen LogP contribution in [0.15, 0.2) is 28.8 Å². The van der Waals surface area contributed by atoms with Crippen LogP contribution in [0.1, 0.15) is 12.1 Å². The summed E-state index contributed by atoms with van der Waals surface area (Å²) in [5, 5.41) is 7.04. The zero-order valence-corrected chi connectivity index (χ0v) is 10.8. The molecule has 0 saturated heterocycles. The minimum absolute atomic E-state index is 0.678. The Bertz CT molecular complexity index is 566. The summed E-state index contributed by atoms with van der Waals surface area (Å²) < 4.78 is 16.6. The molecular weight excluding hydrogens is 244 g/mol. The van der Waals surface area contributed by atoms with Crippen molar-refractivity contribution in [2.75, 3.05) is 20.3 Å². The van der Waals surface area contributed by atoms with E-state index in [0.717, 1.165) is 34.9 Å². The van der Waals surface area contributed by atoms with Crippen LogP contribution in [-0.4, -0.2) is 25.4 Å².